The van der Waals surface area contributed by atoms with Crippen molar-refractivity contribution >= 4 is 5.91 Å². The average molecular weight is 289 g/mol. The number of carbonyl (C=O) groups is 1. The lowest BCUT2D eigenvalue weighted by Gasteiger charge is -2.34. The minimum atomic E-state index is -0.102. The summed E-state index contributed by atoms with van der Waals surface area (Å²) in [5, 5.41) is 5.94. The van der Waals surface area contributed by atoms with Gasteiger partial charge in [-0.2, -0.15) is 0 Å². The molecule has 2 N–H and O–H groups in total. The van der Waals surface area contributed by atoms with Gasteiger partial charge in [0, 0.05) is 40.3 Å². The molecule has 0 aromatic heterocycles. The van der Waals surface area contributed by atoms with Crippen LogP contribution in [-0.4, -0.2) is 90.2 Å². The molecule has 7 heteroatoms. The number of nitrogens with zero attached hydrogens (tertiary/aromatic N) is 1. The van der Waals surface area contributed by atoms with E-state index in [0.717, 1.165) is 19.6 Å². The first-order valence-electron chi connectivity index (χ1n) is 7.10. The van der Waals surface area contributed by atoms with Crippen molar-refractivity contribution in [1.82, 2.24) is 15.5 Å². The fourth-order valence-corrected chi connectivity index (χ4v) is 2.09. The third-order valence-corrected chi connectivity index (χ3v) is 3.23. The van der Waals surface area contributed by atoms with Crippen LogP contribution in [0.2, 0.25) is 0 Å². The molecule has 7 nitrogen and oxygen atoms in total. The number of amides is 1. The Morgan fingerprint density at radius 2 is 1.95 bits per heavy atom. The Kier molecular flexibility index (Phi) is 9.52. The third kappa shape index (κ3) is 6.62. The van der Waals surface area contributed by atoms with Crippen molar-refractivity contribution in [2.75, 3.05) is 73.4 Å². The molecule has 0 aliphatic carbocycles. The Morgan fingerprint density at radius 3 is 2.65 bits per heavy atom. The minimum Gasteiger partial charge on any atom is -0.382 e. The number of hydrogen-bond acceptors (Lipinski definition) is 6. The smallest absolute Gasteiger partial charge is 0.238 e. The van der Waals surface area contributed by atoms with E-state index in [1.54, 1.807) is 14.2 Å². The second-order valence-corrected chi connectivity index (χ2v) is 4.59. The van der Waals surface area contributed by atoms with E-state index in [1.165, 1.54) is 0 Å². The summed E-state index contributed by atoms with van der Waals surface area (Å²) < 4.78 is 15.7. The zero-order valence-electron chi connectivity index (χ0n) is 12.5. The largest absolute Gasteiger partial charge is 0.382 e. The Bertz CT molecular complexity index is 266. The molecule has 20 heavy (non-hydrogen) atoms. The van der Waals surface area contributed by atoms with Crippen molar-refractivity contribution in [3.8, 4) is 0 Å². The summed E-state index contributed by atoms with van der Waals surface area (Å²) in [5.74, 6) is 0.0556. The standard InChI is InChI=1S/C13H27N3O4/c1-14-13(17)12-11-15-3-4-16(12)5-6-19-9-10-20-8-7-18-2/h12,15H,3-11H2,1-2H3,(H,14,17). The molecule has 118 valence electrons. The first kappa shape index (κ1) is 17.3. The van der Waals surface area contributed by atoms with E-state index < -0.39 is 0 Å². The normalized spacial score (nSPS) is 20.0. The number of piperazine rings is 1. The molecule has 1 saturated heterocycles. The van der Waals surface area contributed by atoms with Gasteiger partial charge in [-0.3, -0.25) is 9.69 Å². The van der Waals surface area contributed by atoms with Gasteiger partial charge in [0.2, 0.25) is 5.91 Å². The van der Waals surface area contributed by atoms with Gasteiger partial charge in [-0.1, -0.05) is 0 Å². The molecule has 1 aliphatic heterocycles. The van der Waals surface area contributed by atoms with Gasteiger partial charge in [0.15, 0.2) is 0 Å². The third-order valence-electron chi connectivity index (χ3n) is 3.23. The highest BCUT2D eigenvalue weighted by Crippen LogP contribution is 2.03. The van der Waals surface area contributed by atoms with E-state index >= 15 is 0 Å². The van der Waals surface area contributed by atoms with Gasteiger partial charge in [-0.25, -0.2) is 0 Å². The van der Waals surface area contributed by atoms with Gasteiger partial charge in [-0.05, 0) is 0 Å². The fourth-order valence-electron chi connectivity index (χ4n) is 2.09. The van der Waals surface area contributed by atoms with Crippen LogP contribution < -0.4 is 10.6 Å². The van der Waals surface area contributed by atoms with Gasteiger partial charge < -0.3 is 24.8 Å². The first-order chi connectivity index (χ1) is 9.79. The summed E-state index contributed by atoms with van der Waals surface area (Å²) in [6.45, 7) is 6.19. The molecule has 0 bridgehead atoms. The lowest BCUT2D eigenvalue weighted by atomic mass is 10.2. The summed E-state index contributed by atoms with van der Waals surface area (Å²) in [6.07, 6.45) is 0. The molecular formula is C13H27N3O4. The van der Waals surface area contributed by atoms with E-state index in [0.29, 0.717) is 39.6 Å². The lowest BCUT2D eigenvalue weighted by molar-refractivity contribution is -0.126. The van der Waals surface area contributed by atoms with Gasteiger partial charge >= 0.3 is 0 Å². The van der Waals surface area contributed by atoms with Crippen molar-refractivity contribution in [1.29, 1.82) is 0 Å². The summed E-state index contributed by atoms with van der Waals surface area (Å²) in [4.78, 5) is 13.9. The minimum absolute atomic E-state index is 0.0556. The Labute approximate surface area is 120 Å². The molecule has 1 amide bonds. The molecule has 1 heterocycles. The van der Waals surface area contributed by atoms with Gasteiger partial charge in [0.05, 0.1) is 33.0 Å². The molecule has 0 aromatic rings. The number of likely N-dealkylation sites (N-methyl/N-ethyl adjacent to an activating group) is 1. The van der Waals surface area contributed by atoms with Crippen LogP contribution >= 0.6 is 0 Å². The number of rotatable bonds is 10. The molecular weight excluding hydrogens is 262 g/mol. The monoisotopic (exact) mass is 289 g/mol. The van der Waals surface area contributed by atoms with Crippen LogP contribution in [0.3, 0.4) is 0 Å². The van der Waals surface area contributed by atoms with Crippen molar-refractivity contribution in [2.24, 2.45) is 0 Å². The highest BCUT2D eigenvalue weighted by Gasteiger charge is 2.27. The van der Waals surface area contributed by atoms with Gasteiger partial charge in [0.25, 0.3) is 0 Å². The van der Waals surface area contributed by atoms with Crippen LogP contribution in [-0.2, 0) is 19.0 Å². The molecule has 0 spiro atoms. The number of nitrogens with one attached hydrogen (secondary N) is 2. The number of hydrogen-bond donors (Lipinski definition) is 2. The maximum absolute atomic E-state index is 11.7. The topological polar surface area (TPSA) is 72.1 Å². The van der Waals surface area contributed by atoms with Crippen LogP contribution in [0, 0.1) is 0 Å². The SMILES string of the molecule is CNC(=O)C1CNCCN1CCOCCOCCOC. The van der Waals surface area contributed by atoms with Crippen molar-refractivity contribution in [3.63, 3.8) is 0 Å². The Morgan fingerprint density at radius 1 is 1.25 bits per heavy atom. The first-order valence-corrected chi connectivity index (χ1v) is 7.10. The van der Waals surface area contributed by atoms with E-state index in [1.807, 2.05) is 0 Å². The fraction of sp³-hybridized carbons (Fsp3) is 0.923. The number of methoxy groups -OCH3 is 1. The van der Waals surface area contributed by atoms with Crippen LogP contribution in [0.5, 0.6) is 0 Å². The molecule has 0 saturated carbocycles. The highest BCUT2D eigenvalue weighted by molar-refractivity contribution is 5.81. The lowest BCUT2D eigenvalue weighted by Crippen LogP contribution is -2.58. The summed E-state index contributed by atoms with van der Waals surface area (Å²) in [7, 11) is 3.32. The maximum atomic E-state index is 11.7. The van der Waals surface area contributed by atoms with Crippen molar-refractivity contribution in [2.45, 2.75) is 6.04 Å². The molecule has 1 atom stereocenters. The number of ether oxygens (including phenoxy) is 3. The van der Waals surface area contributed by atoms with Crippen LogP contribution in [0.4, 0.5) is 0 Å². The van der Waals surface area contributed by atoms with Crippen LogP contribution in [0.15, 0.2) is 0 Å². The maximum Gasteiger partial charge on any atom is 0.238 e. The van der Waals surface area contributed by atoms with Crippen LogP contribution in [0.1, 0.15) is 0 Å². The van der Waals surface area contributed by atoms with Crippen molar-refractivity contribution < 1.29 is 19.0 Å². The molecule has 0 aromatic carbocycles. The highest BCUT2D eigenvalue weighted by atomic mass is 16.5. The zero-order valence-corrected chi connectivity index (χ0v) is 12.5. The summed E-state index contributed by atoms with van der Waals surface area (Å²) >= 11 is 0. The predicted octanol–water partition coefficient (Wildman–Crippen LogP) is -1.31. The molecule has 1 aliphatic rings. The second-order valence-electron chi connectivity index (χ2n) is 4.59. The molecule has 1 unspecified atom stereocenters. The number of carbonyl (C=O) groups excluding carboxylic acids is 1. The molecule has 1 rings (SSSR count). The summed E-state index contributed by atoms with van der Waals surface area (Å²) in [5.41, 5.74) is 0. The average Bonchev–Trinajstić information content (AvgIpc) is 2.49. The van der Waals surface area contributed by atoms with E-state index in [-0.39, 0.29) is 11.9 Å². The quantitative estimate of drug-likeness (QED) is 0.486. The Hall–Kier alpha value is -0.730. The predicted molar refractivity (Wildman–Crippen MR) is 75.8 cm³/mol. The van der Waals surface area contributed by atoms with Crippen LogP contribution in [0.25, 0.3) is 0 Å². The molecule has 0 radical (unpaired) electrons. The van der Waals surface area contributed by atoms with E-state index in [4.69, 9.17) is 14.2 Å². The second kappa shape index (κ2) is 11.0. The zero-order chi connectivity index (χ0) is 14.6. The van der Waals surface area contributed by atoms with Gasteiger partial charge in [-0.15, -0.1) is 0 Å². The molecule has 1 fully saturated rings. The van der Waals surface area contributed by atoms with Gasteiger partial charge in [0.1, 0.15) is 6.04 Å². The van der Waals surface area contributed by atoms with Crippen molar-refractivity contribution in [3.05, 3.63) is 0 Å². The summed E-state index contributed by atoms with van der Waals surface area (Å²) in [6, 6.07) is -0.102. The Balaban J connectivity index is 2.08. The van der Waals surface area contributed by atoms with E-state index in [2.05, 4.69) is 15.5 Å². The van der Waals surface area contributed by atoms with E-state index in [9.17, 15) is 4.79 Å².